The molecule has 1 aromatic carbocycles. The molecule has 1 rings (SSSR count). The number of phenolic OH excluding ortho intramolecular Hbond substituents is 2. The summed E-state index contributed by atoms with van der Waals surface area (Å²) in [6, 6.07) is 3.83. The van der Waals surface area contributed by atoms with Crippen LogP contribution in [-0.4, -0.2) is 15.1 Å². The van der Waals surface area contributed by atoms with Crippen LogP contribution >= 0.6 is 8.03 Å². The highest BCUT2D eigenvalue weighted by molar-refractivity contribution is 7.37. The minimum atomic E-state index is -2.27. The van der Waals surface area contributed by atoms with Crippen molar-refractivity contribution in [3.63, 3.8) is 0 Å². The first kappa shape index (κ1) is 8.97. The Hall–Kier alpha value is -1.12. The molecule has 1 unspecified atom stereocenters. The molecule has 3 N–H and O–H groups in total. The number of phenols is 2. The fourth-order valence-corrected chi connectivity index (χ4v) is 1.40. The van der Waals surface area contributed by atoms with Crippen molar-refractivity contribution in [1.29, 1.82) is 0 Å². The summed E-state index contributed by atoms with van der Waals surface area (Å²) in [4.78, 5) is 8.53. The van der Waals surface area contributed by atoms with E-state index < -0.39 is 8.03 Å². The van der Waals surface area contributed by atoms with E-state index in [1.165, 1.54) is 12.1 Å². The molecule has 0 radical (unpaired) electrons. The second-order valence-corrected chi connectivity index (χ2v) is 3.39. The quantitative estimate of drug-likeness (QED) is 0.610. The van der Waals surface area contributed by atoms with E-state index in [-0.39, 0.29) is 17.7 Å². The molecule has 1 atom stereocenters. The number of aromatic hydroxyl groups is 2. The van der Waals surface area contributed by atoms with Gasteiger partial charge >= 0.3 is 8.03 Å². The van der Waals surface area contributed by atoms with Crippen LogP contribution in [0.4, 0.5) is 0 Å². The zero-order valence-electron chi connectivity index (χ0n) is 6.14. The van der Waals surface area contributed by atoms with Gasteiger partial charge in [-0.3, -0.25) is 0 Å². The van der Waals surface area contributed by atoms with Gasteiger partial charge in [0.2, 0.25) is 6.16 Å². The normalized spacial score (nSPS) is 11.2. The van der Waals surface area contributed by atoms with Crippen molar-refractivity contribution >= 4 is 8.03 Å². The van der Waals surface area contributed by atoms with Crippen molar-refractivity contribution in [2.45, 2.75) is 6.16 Å². The van der Waals surface area contributed by atoms with E-state index in [0.717, 1.165) is 6.07 Å². The van der Waals surface area contributed by atoms with Crippen LogP contribution in [0.5, 0.6) is 11.5 Å². The lowest BCUT2D eigenvalue weighted by Crippen LogP contribution is -1.79. The SMILES string of the molecule is O=[P+](O)Cc1cc(O)cc(O)c1. The highest BCUT2D eigenvalue weighted by atomic mass is 31.1. The molecule has 0 fully saturated rings. The predicted molar refractivity (Wildman–Crippen MR) is 43.3 cm³/mol. The zero-order chi connectivity index (χ0) is 9.14. The zero-order valence-corrected chi connectivity index (χ0v) is 7.03. The van der Waals surface area contributed by atoms with E-state index in [1.54, 1.807) is 0 Å². The number of benzene rings is 1. The van der Waals surface area contributed by atoms with Crippen LogP contribution in [0.1, 0.15) is 5.56 Å². The van der Waals surface area contributed by atoms with Crippen LogP contribution in [0.3, 0.4) is 0 Å². The van der Waals surface area contributed by atoms with Gasteiger partial charge < -0.3 is 10.2 Å². The van der Waals surface area contributed by atoms with E-state index in [4.69, 9.17) is 15.1 Å². The molecule has 1 aromatic rings. The lowest BCUT2D eigenvalue weighted by atomic mass is 10.2. The lowest BCUT2D eigenvalue weighted by Gasteiger charge is -1.96. The largest absolute Gasteiger partial charge is 0.510 e. The van der Waals surface area contributed by atoms with Crippen molar-refractivity contribution in [1.82, 2.24) is 0 Å². The predicted octanol–water partition coefficient (Wildman–Crippen LogP) is 1.33. The van der Waals surface area contributed by atoms with E-state index in [1.807, 2.05) is 0 Å². The summed E-state index contributed by atoms with van der Waals surface area (Å²) in [5.74, 6) is -0.219. The van der Waals surface area contributed by atoms with Gasteiger partial charge in [0.1, 0.15) is 11.5 Å². The van der Waals surface area contributed by atoms with Crippen LogP contribution in [-0.2, 0) is 10.7 Å². The Morgan fingerprint density at radius 3 is 2.08 bits per heavy atom. The highest BCUT2D eigenvalue weighted by Gasteiger charge is 2.12. The smallest absolute Gasteiger partial charge is 0.508 e. The van der Waals surface area contributed by atoms with Gasteiger partial charge in [-0.25, -0.2) is 0 Å². The van der Waals surface area contributed by atoms with Gasteiger partial charge in [0, 0.05) is 11.6 Å². The second-order valence-electron chi connectivity index (χ2n) is 2.37. The Labute approximate surface area is 70.0 Å². The van der Waals surface area contributed by atoms with Gasteiger partial charge in [-0.1, -0.05) is 0 Å². The van der Waals surface area contributed by atoms with Gasteiger partial charge in [-0.05, 0) is 16.7 Å². The highest BCUT2D eigenvalue weighted by Crippen LogP contribution is 2.27. The Morgan fingerprint density at radius 2 is 1.67 bits per heavy atom. The van der Waals surface area contributed by atoms with Crippen molar-refractivity contribution < 1.29 is 19.7 Å². The minimum absolute atomic E-state index is 0.0582. The molecule has 0 heterocycles. The maximum absolute atomic E-state index is 10.4. The minimum Gasteiger partial charge on any atom is -0.508 e. The first-order chi connectivity index (χ1) is 5.58. The van der Waals surface area contributed by atoms with Gasteiger partial charge in [-0.15, -0.1) is 0 Å². The molecule has 12 heavy (non-hydrogen) atoms. The Bertz CT molecular complexity index is 290. The summed E-state index contributed by atoms with van der Waals surface area (Å²) in [5.41, 5.74) is 0.441. The molecule has 0 aromatic heterocycles. The number of rotatable bonds is 2. The molecule has 0 saturated heterocycles. The molecule has 5 heteroatoms. The van der Waals surface area contributed by atoms with E-state index >= 15 is 0 Å². The lowest BCUT2D eigenvalue weighted by molar-refractivity contribution is 0.449. The molecular formula is C7H8O4P+. The molecule has 0 bridgehead atoms. The Kier molecular flexibility index (Phi) is 2.63. The van der Waals surface area contributed by atoms with Crippen LogP contribution in [0.15, 0.2) is 18.2 Å². The van der Waals surface area contributed by atoms with Crippen LogP contribution < -0.4 is 0 Å². The molecule has 0 aliphatic heterocycles. The fourth-order valence-electron chi connectivity index (χ4n) is 0.904. The third-order valence-corrected chi connectivity index (χ3v) is 1.92. The maximum atomic E-state index is 10.4. The van der Waals surface area contributed by atoms with Gasteiger partial charge in [0.15, 0.2) is 0 Å². The second kappa shape index (κ2) is 3.52. The van der Waals surface area contributed by atoms with Gasteiger partial charge in [0.25, 0.3) is 0 Å². The van der Waals surface area contributed by atoms with Crippen molar-refractivity contribution in [3.8, 4) is 11.5 Å². The first-order valence-electron chi connectivity index (χ1n) is 3.23. The van der Waals surface area contributed by atoms with Crippen molar-refractivity contribution in [2.75, 3.05) is 0 Å². The van der Waals surface area contributed by atoms with E-state index in [2.05, 4.69) is 0 Å². The summed E-state index contributed by atoms with van der Waals surface area (Å²) >= 11 is 0. The van der Waals surface area contributed by atoms with Crippen LogP contribution in [0, 0.1) is 0 Å². The topological polar surface area (TPSA) is 77.8 Å². The fraction of sp³-hybridized carbons (Fsp3) is 0.143. The number of hydrogen-bond donors (Lipinski definition) is 3. The molecule has 64 valence electrons. The summed E-state index contributed by atoms with van der Waals surface area (Å²) in [6.07, 6.45) is -0.0582. The van der Waals surface area contributed by atoms with Gasteiger partial charge in [0.05, 0.1) is 0 Å². The summed E-state index contributed by atoms with van der Waals surface area (Å²) in [5, 5.41) is 17.9. The van der Waals surface area contributed by atoms with Crippen molar-refractivity contribution in [3.05, 3.63) is 23.8 Å². The molecule has 0 aliphatic carbocycles. The molecule has 0 amide bonds. The standard InChI is InChI=1S/C7H7O4P/c8-6-1-5(4-12(10)11)2-7(9)3-6/h1-3H,4H2,(H2-,8,9,10,11)/p+1. The summed E-state index contributed by atoms with van der Waals surface area (Å²) < 4.78 is 10.4. The maximum Gasteiger partial charge on any atom is 0.510 e. The van der Waals surface area contributed by atoms with Crippen LogP contribution in [0.25, 0.3) is 0 Å². The van der Waals surface area contributed by atoms with Crippen LogP contribution in [0.2, 0.25) is 0 Å². The molecule has 0 aliphatic rings. The monoisotopic (exact) mass is 187 g/mol. The average Bonchev–Trinajstić information content (AvgIpc) is 1.81. The Balaban J connectivity index is 2.93. The third kappa shape index (κ3) is 2.49. The number of hydrogen-bond acceptors (Lipinski definition) is 3. The average molecular weight is 187 g/mol. The molecular weight excluding hydrogens is 179 g/mol. The molecule has 0 spiro atoms. The summed E-state index contributed by atoms with van der Waals surface area (Å²) in [7, 11) is -2.27. The summed E-state index contributed by atoms with van der Waals surface area (Å²) in [6.45, 7) is 0. The Morgan fingerprint density at radius 1 is 1.17 bits per heavy atom. The molecule has 4 nitrogen and oxygen atoms in total. The van der Waals surface area contributed by atoms with Crippen molar-refractivity contribution in [2.24, 2.45) is 0 Å². The first-order valence-corrected chi connectivity index (χ1v) is 4.63. The third-order valence-electron chi connectivity index (χ3n) is 1.28. The van der Waals surface area contributed by atoms with E-state index in [0.29, 0.717) is 5.56 Å². The van der Waals surface area contributed by atoms with Gasteiger partial charge in [-0.2, -0.15) is 4.89 Å². The van der Waals surface area contributed by atoms with E-state index in [9.17, 15) is 4.57 Å². The molecule has 0 saturated carbocycles.